The molecule has 0 amide bonds. The van der Waals surface area contributed by atoms with Crippen LogP contribution in [-0.2, 0) is 0 Å². The molecule has 7 heteroatoms. The summed E-state index contributed by atoms with van der Waals surface area (Å²) in [6.45, 7) is 0.717. The normalized spacial score (nSPS) is 10.5. The average molecular weight is 400 g/mol. The summed E-state index contributed by atoms with van der Waals surface area (Å²) < 4.78 is 0.984. The number of benzene rings is 1. The fraction of sp³-hybridized carbons (Fsp3) is 0.167. The van der Waals surface area contributed by atoms with Crippen molar-refractivity contribution in [3.63, 3.8) is 0 Å². The van der Waals surface area contributed by atoms with Crippen molar-refractivity contribution in [3.05, 3.63) is 59.2 Å². The molecule has 0 aliphatic carbocycles. The smallest absolute Gasteiger partial charge is 0.225 e. The van der Waals surface area contributed by atoms with Gasteiger partial charge in [0.25, 0.3) is 0 Å². The van der Waals surface area contributed by atoms with Crippen LogP contribution in [-0.4, -0.2) is 33.2 Å². The van der Waals surface area contributed by atoms with E-state index >= 15 is 0 Å². The highest BCUT2D eigenvalue weighted by Crippen LogP contribution is 2.23. The largest absolute Gasteiger partial charge is 0.396 e. The van der Waals surface area contributed by atoms with E-state index in [1.54, 1.807) is 6.20 Å². The van der Waals surface area contributed by atoms with Gasteiger partial charge in [0, 0.05) is 35.6 Å². The second-order valence-electron chi connectivity index (χ2n) is 5.32. The van der Waals surface area contributed by atoms with Gasteiger partial charge in [-0.05, 0) is 36.8 Å². The minimum atomic E-state index is 0.121. The van der Waals surface area contributed by atoms with E-state index in [-0.39, 0.29) is 6.61 Å². The van der Waals surface area contributed by atoms with Crippen molar-refractivity contribution in [2.75, 3.05) is 23.8 Å². The molecule has 0 unspecified atom stereocenters. The Morgan fingerprint density at radius 2 is 1.92 bits per heavy atom. The standard InChI is InChI=1S/C18H18BrN5O/c19-13-5-3-6-14(11-13)22-17-12-16(15-7-1-2-8-20-15)23-18(24-17)21-9-4-10-25/h1-3,5-8,11-12,25H,4,9-10H2,(H2,21,22,23,24). The first-order chi connectivity index (χ1) is 12.2. The van der Waals surface area contributed by atoms with Crippen molar-refractivity contribution in [2.45, 2.75) is 6.42 Å². The van der Waals surface area contributed by atoms with Crippen LogP contribution in [0.5, 0.6) is 0 Å². The lowest BCUT2D eigenvalue weighted by molar-refractivity contribution is 0.292. The molecule has 6 nitrogen and oxygen atoms in total. The minimum Gasteiger partial charge on any atom is -0.396 e. The van der Waals surface area contributed by atoms with Gasteiger partial charge >= 0.3 is 0 Å². The van der Waals surface area contributed by atoms with Gasteiger partial charge in [0.2, 0.25) is 5.95 Å². The Hall–Kier alpha value is -2.51. The van der Waals surface area contributed by atoms with Gasteiger partial charge < -0.3 is 15.7 Å². The molecule has 3 aromatic rings. The highest BCUT2D eigenvalue weighted by Gasteiger charge is 2.08. The molecular weight excluding hydrogens is 382 g/mol. The third-order valence-corrected chi connectivity index (χ3v) is 3.86. The lowest BCUT2D eigenvalue weighted by atomic mass is 10.2. The second kappa shape index (κ2) is 8.55. The molecule has 2 aromatic heterocycles. The van der Waals surface area contributed by atoms with Crippen molar-refractivity contribution in [1.82, 2.24) is 15.0 Å². The highest BCUT2D eigenvalue weighted by molar-refractivity contribution is 9.10. The second-order valence-corrected chi connectivity index (χ2v) is 6.23. The summed E-state index contributed by atoms with van der Waals surface area (Å²) in [7, 11) is 0. The molecule has 1 aromatic carbocycles. The Morgan fingerprint density at radius 3 is 2.68 bits per heavy atom. The number of halogens is 1. The van der Waals surface area contributed by atoms with Crippen LogP contribution < -0.4 is 10.6 Å². The van der Waals surface area contributed by atoms with Gasteiger partial charge in [-0.25, -0.2) is 4.98 Å². The molecule has 0 bridgehead atoms. The number of aliphatic hydroxyl groups excluding tert-OH is 1. The van der Waals surface area contributed by atoms with E-state index < -0.39 is 0 Å². The maximum atomic E-state index is 8.94. The predicted molar refractivity (Wildman–Crippen MR) is 103 cm³/mol. The molecule has 0 spiro atoms. The monoisotopic (exact) mass is 399 g/mol. The number of aliphatic hydroxyl groups is 1. The lowest BCUT2D eigenvalue weighted by Crippen LogP contribution is -2.09. The molecule has 128 valence electrons. The van der Waals surface area contributed by atoms with Crippen LogP contribution in [0.2, 0.25) is 0 Å². The van der Waals surface area contributed by atoms with Crippen molar-refractivity contribution in [2.24, 2.45) is 0 Å². The summed E-state index contributed by atoms with van der Waals surface area (Å²) in [5.41, 5.74) is 2.41. The Morgan fingerprint density at radius 1 is 1.00 bits per heavy atom. The van der Waals surface area contributed by atoms with Gasteiger partial charge in [0.15, 0.2) is 0 Å². The third kappa shape index (κ3) is 4.98. The summed E-state index contributed by atoms with van der Waals surface area (Å²) in [5, 5.41) is 15.4. The van der Waals surface area contributed by atoms with Crippen molar-refractivity contribution in [1.29, 1.82) is 0 Å². The Labute approximate surface area is 154 Å². The summed E-state index contributed by atoms with van der Waals surface area (Å²) >= 11 is 3.46. The van der Waals surface area contributed by atoms with E-state index in [9.17, 15) is 0 Å². The van der Waals surface area contributed by atoms with Crippen LogP contribution in [0.1, 0.15) is 6.42 Å². The van der Waals surface area contributed by atoms with Gasteiger partial charge in [0.1, 0.15) is 5.82 Å². The van der Waals surface area contributed by atoms with E-state index in [2.05, 4.69) is 41.5 Å². The Kier molecular flexibility index (Phi) is 5.92. The first kappa shape index (κ1) is 17.3. The topological polar surface area (TPSA) is 83.0 Å². The van der Waals surface area contributed by atoms with Gasteiger partial charge in [-0.15, -0.1) is 0 Å². The molecule has 0 radical (unpaired) electrons. The summed E-state index contributed by atoms with van der Waals surface area (Å²) in [5.74, 6) is 1.16. The van der Waals surface area contributed by atoms with E-state index in [0.29, 0.717) is 24.7 Å². The van der Waals surface area contributed by atoms with Crippen molar-refractivity contribution < 1.29 is 5.11 Å². The van der Waals surface area contributed by atoms with Crippen LogP contribution in [0.15, 0.2) is 59.2 Å². The Bertz CT molecular complexity index is 829. The number of pyridine rings is 1. The van der Waals surface area contributed by atoms with Crippen molar-refractivity contribution >= 4 is 33.4 Å². The molecule has 0 atom stereocenters. The highest BCUT2D eigenvalue weighted by atomic mass is 79.9. The van der Waals surface area contributed by atoms with Crippen LogP contribution in [0, 0.1) is 0 Å². The van der Waals surface area contributed by atoms with Gasteiger partial charge in [-0.3, -0.25) is 4.98 Å². The molecule has 0 aliphatic rings. The maximum absolute atomic E-state index is 8.94. The van der Waals surface area contributed by atoms with E-state index in [1.807, 2.05) is 48.5 Å². The molecule has 3 rings (SSSR count). The molecule has 0 fully saturated rings. The van der Waals surface area contributed by atoms with E-state index in [1.165, 1.54) is 0 Å². The first-order valence-electron chi connectivity index (χ1n) is 7.92. The van der Waals surface area contributed by atoms with Crippen LogP contribution in [0.4, 0.5) is 17.5 Å². The SMILES string of the molecule is OCCCNc1nc(Nc2cccc(Br)c2)cc(-c2ccccn2)n1. The molecule has 2 heterocycles. The number of hydrogen-bond acceptors (Lipinski definition) is 6. The number of nitrogens with zero attached hydrogens (tertiary/aromatic N) is 3. The number of aromatic nitrogens is 3. The number of nitrogens with one attached hydrogen (secondary N) is 2. The van der Waals surface area contributed by atoms with E-state index in [4.69, 9.17) is 5.11 Å². The van der Waals surface area contributed by atoms with Gasteiger partial charge in [-0.1, -0.05) is 28.1 Å². The summed E-state index contributed by atoms with van der Waals surface area (Å²) in [4.78, 5) is 13.4. The molecule has 25 heavy (non-hydrogen) atoms. The fourth-order valence-electron chi connectivity index (χ4n) is 2.23. The molecule has 0 saturated carbocycles. The third-order valence-electron chi connectivity index (χ3n) is 3.37. The average Bonchev–Trinajstić information content (AvgIpc) is 2.63. The summed E-state index contributed by atoms with van der Waals surface area (Å²) in [6.07, 6.45) is 2.36. The van der Waals surface area contributed by atoms with E-state index in [0.717, 1.165) is 21.5 Å². The minimum absolute atomic E-state index is 0.121. The molecular formula is C18H18BrN5O. The summed E-state index contributed by atoms with van der Waals surface area (Å²) in [6, 6.07) is 15.4. The van der Waals surface area contributed by atoms with Gasteiger partial charge in [-0.2, -0.15) is 4.98 Å². The van der Waals surface area contributed by atoms with Crippen LogP contribution in [0.25, 0.3) is 11.4 Å². The molecule has 0 aliphatic heterocycles. The lowest BCUT2D eigenvalue weighted by Gasteiger charge is -2.11. The van der Waals surface area contributed by atoms with Crippen LogP contribution in [0.3, 0.4) is 0 Å². The molecule has 0 saturated heterocycles. The predicted octanol–water partition coefficient (Wildman–Crippen LogP) is 3.84. The number of hydrogen-bond donors (Lipinski definition) is 3. The maximum Gasteiger partial charge on any atom is 0.225 e. The zero-order valence-electron chi connectivity index (χ0n) is 13.5. The zero-order valence-corrected chi connectivity index (χ0v) is 15.1. The first-order valence-corrected chi connectivity index (χ1v) is 8.72. The van der Waals surface area contributed by atoms with Crippen LogP contribution >= 0.6 is 15.9 Å². The van der Waals surface area contributed by atoms with Crippen molar-refractivity contribution in [3.8, 4) is 11.4 Å². The molecule has 3 N–H and O–H groups in total. The fourth-order valence-corrected chi connectivity index (χ4v) is 2.63. The quantitative estimate of drug-likeness (QED) is 0.523. The number of rotatable bonds is 7. The number of anilines is 3. The Balaban J connectivity index is 1.91. The zero-order chi connectivity index (χ0) is 17.5. The van der Waals surface area contributed by atoms with Gasteiger partial charge in [0.05, 0.1) is 11.4 Å².